The second-order valence-corrected chi connectivity index (χ2v) is 6.78. The summed E-state index contributed by atoms with van der Waals surface area (Å²) in [5.74, 6) is 0. The Labute approximate surface area is 129 Å². The summed E-state index contributed by atoms with van der Waals surface area (Å²) in [5.41, 5.74) is 2.64. The minimum absolute atomic E-state index is 0.306. The molecule has 1 aromatic rings. The third-order valence-electron chi connectivity index (χ3n) is 3.98. The van der Waals surface area contributed by atoms with Crippen LogP contribution in [0.4, 0.5) is 5.69 Å². The molecule has 0 bridgehead atoms. The molecule has 110 valence electrons. The highest BCUT2D eigenvalue weighted by Crippen LogP contribution is 2.29. The zero-order chi connectivity index (χ0) is 13.9. The van der Waals surface area contributed by atoms with E-state index in [9.17, 15) is 0 Å². The monoisotopic (exact) mass is 338 g/mol. The summed E-state index contributed by atoms with van der Waals surface area (Å²) in [7, 11) is 0. The van der Waals surface area contributed by atoms with Gasteiger partial charge in [0.1, 0.15) is 0 Å². The first-order valence-corrected chi connectivity index (χ1v) is 8.40. The van der Waals surface area contributed by atoms with Crippen LogP contribution < -0.4 is 10.2 Å². The maximum absolute atomic E-state index is 5.72. The van der Waals surface area contributed by atoms with Crippen molar-refractivity contribution in [2.75, 3.05) is 24.6 Å². The molecule has 0 aromatic heterocycles. The fourth-order valence-electron chi connectivity index (χ4n) is 2.68. The molecule has 0 amide bonds. The van der Waals surface area contributed by atoms with Crippen molar-refractivity contribution in [3.8, 4) is 0 Å². The van der Waals surface area contributed by atoms with Crippen LogP contribution in [-0.4, -0.2) is 31.8 Å². The first-order chi connectivity index (χ1) is 9.72. The van der Waals surface area contributed by atoms with Gasteiger partial charge in [0, 0.05) is 36.8 Å². The van der Waals surface area contributed by atoms with Crippen LogP contribution >= 0.6 is 15.9 Å². The predicted octanol–water partition coefficient (Wildman–Crippen LogP) is 3.32. The Morgan fingerprint density at radius 3 is 3.00 bits per heavy atom. The number of nitrogens with zero attached hydrogens (tertiary/aromatic N) is 1. The lowest BCUT2D eigenvalue weighted by Crippen LogP contribution is -2.30. The molecule has 2 fully saturated rings. The van der Waals surface area contributed by atoms with Gasteiger partial charge in [-0.1, -0.05) is 6.07 Å². The lowest BCUT2D eigenvalue weighted by molar-refractivity contribution is 0.0821. The Balaban J connectivity index is 1.68. The van der Waals surface area contributed by atoms with Gasteiger partial charge in [0.2, 0.25) is 0 Å². The van der Waals surface area contributed by atoms with Crippen LogP contribution in [0.1, 0.15) is 31.7 Å². The molecule has 4 heteroatoms. The summed E-state index contributed by atoms with van der Waals surface area (Å²) in [6.07, 6.45) is 4.08. The van der Waals surface area contributed by atoms with Gasteiger partial charge < -0.3 is 15.0 Å². The molecule has 1 aliphatic carbocycles. The van der Waals surface area contributed by atoms with Gasteiger partial charge in [-0.05, 0) is 59.8 Å². The second-order valence-electron chi connectivity index (χ2n) is 5.92. The maximum Gasteiger partial charge on any atom is 0.0721 e. The minimum atomic E-state index is 0.306. The summed E-state index contributed by atoms with van der Waals surface area (Å²) >= 11 is 3.74. The fourth-order valence-corrected chi connectivity index (χ4v) is 3.36. The summed E-state index contributed by atoms with van der Waals surface area (Å²) in [6.45, 7) is 6.04. The molecule has 1 atom stereocenters. The minimum Gasteiger partial charge on any atom is -0.377 e. The SMILES string of the molecule is CC1CN(c2ccc(CNC3CC3)cc2Br)CCCO1. The number of halogens is 1. The van der Waals surface area contributed by atoms with Gasteiger partial charge in [-0.3, -0.25) is 0 Å². The Bertz CT molecular complexity index is 462. The lowest BCUT2D eigenvalue weighted by atomic mass is 10.2. The smallest absolute Gasteiger partial charge is 0.0721 e. The van der Waals surface area contributed by atoms with E-state index in [2.05, 4.69) is 51.3 Å². The molecule has 3 nitrogen and oxygen atoms in total. The van der Waals surface area contributed by atoms with Gasteiger partial charge in [-0.2, -0.15) is 0 Å². The van der Waals surface area contributed by atoms with E-state index < -0.39 is 0 Å². The number of benzene rings is 1. The van der Waals surface area contributed by atoms with Crippen molar-refractivity contribution in [1.82, 2.24) is 5.32 Å². The van der Waals surface area contributed by atoms with Crippen molar-refractivity contribution in [2.45, 2.75) is 44.9 Å². The maximum atomic E-state index is 5.72. The van der Waals surface area contributed by atoms with Crippen LogP contribution in [0.5, 0.6) is 0 Å². The van der Waals surface area contributed by atoms with Gasteiger partial charge in [0.25, 0.3) is 0 Å². The average Bonchev–Trinajstić information content (AvgIpc) is 3.24. The van der Waals surface area contributed by atoms with Crippen LogP contribution in [0.15, 0.2) is 22.7 Å². The molecule has 0 spiro atoms. The van der Waals surface area contributed by atoms with E-state index in [4.69, 9.17) is 4.74 Å². The Hall–Kier alpha value is -0.580. The molecule has 1 saturated heterocycles. The summed E-state index contributed by atoms with van der Waals surface area (Å²) in [4.78, 5) is 2.43. The van der Waals surface area contributed by atoms with Crippen LogP contribution in [0.25, 0.3) is 0 Å². The van der Waals surface area contributed by atoms with E-state index in [1.165, 1.54) is 28.6 Å². The van der Waals surface area contributed by atoms with Crippen LogP contribution in [0.3, 0.4) is 0 Å². The second kappa shape index (κ2) is 6.46. The van der Waals surface area contributed by atoms with Crippen molar-refractivity contribution in [3.05, 3.63) is 28.2 Å². The van der Waals surface area contributed by atoms with E-state index in [0.29, 0.717) is 6.10 Å². The van der Waals surface area contributed by atoms with Crippen molar-refractivity contribution >= 4 is 21.6 Å². The van der Waals surface area contributed by atoms with Gasteiger partial charge in [-0.25, -0.2) is 0 Å². The van der Waals surface area contributed by atoms with E-state index in [0.717, 1.165) is 38.7 Å². The number of nitrogens with one attached hydrogen (secondary N) is 1. The van der Waals surface area contributed by atoms with Crippen molar-refractivity contribution in [2.24, 2.45) is 0 Å². The van der Waals surface area contributed by atoms with Gasteiger partial charge in [0.15, 0.2) is 0 Å². The number of hydrogen-bond donors (Lipinski definition) is 1. The summed E-state index contributed by atoms with van der Waals surface area (Å²) in [5, 5.41) is 3.56. The molecule has 1 aromatic carbocycles. The number of rotatable bonds is 4. The van der Waals surface area contributed by atoms with E-state index in [-0.39, 0.29) is 0 Å². The Morgan fingerprint density at radius 1 is 1.40 bits per heavy atom. The quantitative estimate of drug-likeness (QED) is 0.911. The van der Waals surface area contributed by atoms with Gasteiger partial charge >= 0.3 is 0 Å². The third-order valence-corrected chi connectivity index (χ3v) is 4.61. The van der Waals surface area contributed by atoms with E-state index in [1.807, 2.05) is 0 Å². The zero-order valence-electron chi connectivity index (χ0n) is 12.1. The molecule has 1 heterocycles. The predicted molar refractivity (Wildman–Crippen MR) is 86.2 cm³/mol. The van der Waals surface area contributed by atoms with E-state index >= 15 is 0 Å². The van der Waals surface area contributed by atoms with Crippen LogP contribution in [-0.2, 0) is 11.3 Å². The topological polar surface area (TPSA) is 24.5 Å². The standard InChI is InChI=1S/C16H23BrN2O/c1-12-11-19(7-2-8-20-12)16-6-3-13(9-15(16)17)10-18-14-4-5-14/h3,6,9,12,14,18H,2,4-5,7-8,10-11H2,1H3. The molecule has 1 N–H and O–H groups in total. The van der Waals surface area contributed by atoms with Crippen molar-refractivity contribution in [1.29, 1.82) is 0 Å². The van der Waals surface area contributed by atoms with Crippen molar-refractivity contribution in [3.63, 3.8) is 0 Å². The largest absolute Gasteiger partial charge is 0.377 e. The molecule has 2 aliphatic rings. The van der Waals surface area contributed by atoms with Crippen LogP contribution in [0, 0.1) is 0 Å². The zero-order valence-corrected chi connectivity index (χ0v) is 13.7. The fraction of sp³-hybridized carbons (Fsp3) is 0.625. The lowest BCUT2D eigenvalue weighted by Gasteiger charge is -2.25. The number of hydrogen-bond acceptors (Lipinski definition) is 3. The van der Waals surface area contributed by atoms with Gasteiger partial charge in [0.05, 0.1) is 11.8 Å². The Morgan fingerprint density at radius 2 is 2.25 bits per heavy atom. The van der Waals surface area contributed by atoms with E-state index in [1.54, 1.807) is 0 Å². The molecular weight excluding hydrogens is 316 g/mol. The summed E-state index contributed by atoms with van der Waals surface area (Å²) < 4.78 is 6.92. The Kier molecular flexibility index (Phi) is 4.64. The van der Waals surface area contributed by atoms with Crippen molar-refractivity contribution < 1.29 is 4.74 Å². The molecule has 1 aliphatic heterocycles. The number of ether oxygens (including phenoxy) is 1. The number of anilines is 1. The highest BCUT2D eigenvalue weighted by Gasteiger charge is 2.20. The van der Waals surface area contributed by atoms with Gasteiger partial charge in [-0.15, -0.1) is 0 Å². The molecule has 20 heavy (non-hydrogen) atoms. The molecule has 3 rings (SSSR count). The first kappa shape index (κ1) is 14.4. The highest BCUT2D eigenvalue weighted by molar-refractivity contribution is 9.10. The average molecular weight is 339 g/mol. The normalized spacial score (nSPS) is 23.7. The van der Waals surface area contributed by atoms with Crippen LogP contribution in [0.2, 0.25) is 0 Å². The molecular formula is C16H23BrN2O. The third kappa shape index (κ3) is 3.74. The first-order valence-electron chi connectivity index (χ1n) is 7.61. The highest BCUT2D eigenvalue weighted by atomic mass is 79.9. The summed E-state index contributed by atoms with van der Waals surface area (Å²) in [6, 6.07) is 7.50. The molecule has 0 radical (unpaired) electrons. The molecule has 1 saturated carbocycles. The molecule has 1 unspecified atom stereocenters.